The summed E-state index contributed by atoms with van der Waals surface area (Å²) in [4.78, 5) is 4.19. The monoisotopic (exact) mass is 220 g/mol. The summed E-state index contributed by atoms with van der Waals surface area (Å²) in [6.07, 6.45) is 3.35. The molecule has 1 heterocycles. The number of phenolic OH excluding ortho intramolecular Hbond substituents is 1. The first-order valence-corrected chi connectivity index (χ1v) is 5.11. The van der Waals surface area contributed by atoms with Crippen molar-refractivity contribution in [2.24, 2.45) is 0 Å². The maximum absolute atomic E-state index is 13.1. The van der Waals surface area contributed by atoms with Crippen LogP contribution in [0.3, 0.4) is 0 Å². The van der Waals surface area contributed by atoms with E-state index in [9.17, 15) is 9.50 Å². The molecule has 3 nitrogen and oxygen atoms in total. The van der Waals surface area contributed by atoms with Crippen LogP contribution >= 0.6 is 0 Å². The van der Waals surface area contributed by atoms with Gasteiger partial charge in [0.1, 0.15) is 17.4 Å². The summed E-state index contributed by atoms with van der Waals surface area (Å²) in [7, 11) is 0. The molecule has 0 amide bonds. The van der Waals surface area contributed by atoms with Gasteiger partial charge in [-0.05, 0) is 12.1 Å². The van der Waals surface area contributed by atoms with Crippen LogP contribution in [-0.4, -0.2) is 14.7 Å². The van der Waals surface area contributed by atoms with Gasteiger partial charge < -0.3 is 5.11 Å². The normalized spacial score (nSPS) is 11.0. The van der Waals surface area contributed by atoms with Gasteiger partial charge in [-0.1, -0.05) is 13.8 Å². The predicted octanol–water partition coefficient (Wildman–Crippen LogP) is 2.84. The highest BCUT2D eigenvalue weighted by molar-refractivity contribution is 5.46. The van der Waals surface area contributed by atoms with Crippen LogP contribution in [0, 0.1) is 5.82 Å². The van der Waals surface area contributed by atoms with E-state index >= 15 is 0 Å². The van der Waals surface area contributed by atoms with Gasteiger partial charge in [0.25, 0.3) is 0 Å². The molecule has 0 fully saturated rings. The van der Waals surface area contributed by atoms with E-state index in [-0.39, 0.29) is 17.5 Å². The van der Waals surface area contributed by atoms with Crippen LogP contribution in [0.1, 0.15) is 25.6 Å². The van der Waals surface area contributed by atoms with Crippen molar-refractivity contribution in [1.82, 2.24) is 9.55 Å². The zero-order valence-electron chi connectivity index (χ0n) is 9.18. The molecular weight excluding hydrogens is 207 g/mol. The minimum absolute atomic E-state index is 0.0429. The zero-order chi connectivity index (χ0) is 11.7. The fraction of sp³-hybridized carbons (Fsp3) is 0.250. The number of rotatable bonds is 2. The maximum atomic E-state index is 13.1. The molecule has 2 aromatic rings. The van der Waals surface area contributed by atoms with Gasteiger partial charge in [0.05, 0.1) is 5.69 Å². The molecule has 0 bridgehead atoms. The van der Waals surface area contributed by atoms with Crippen LogP contribution in [0.15, 0.2) is 30.6 Å². The third-order valence-corrected chi connectivity index (χ3v) is 2.38. The van der Waals surface area contributed by atoms with Crippen molar-refractivity contribution in [2.45, 2.75) is 19.8 Å². The Kier molecular flexibility index (Phi) is 2.64. The Bertz CT molecular complexity index is 505. The van der Waals surface area contributed by atoms with Gasteiger partial charge in [0, 0.05) is 24.4 Å². The maximum Gasteiger partial charge on any atom is 0.139 e. The van der Waals surface area contributed by atoms with Crippen molar-refractivity contribution in [1.29, 1.82) is 0 Å². The lowest BCUT2D eigenvalue weighted by Gasteiger charge is -2.11. The fourth-order valence-corrected chi connectivity index (χ4v) is 1.64. The zero-order valence-corrected chi connectivity index (χ0v) is 9.18. The second-order valence-corrected chi connectivity index (χ2v) is 3.94. The molecule has 4 heteroatoms. The van der Waals surface area contributed by atoms with E-state index in [0.29, 0.717) is 5.69 Å². The topological polar surface area (TPSA) is 38.0 Å². The van der Waals surface area contributed by atoms with Crippen LogP contribution < -0.4 is 0 Å². The Morgan fingerprint density at radius 1 is 1.38 bits per heavy atom. The largest absolute Gasteiger partial charge is 0.506 e. The minimum Gasteiger partial charge on any atom is -0.506 e. The highest BCUT2D eigenvalue weighted by Gasteiger charge is 2.12. The van der Waals surface area contributed by atoms with Crippen molar-refractivity contribution >= 4 is 0 Å². The number of imidazole rings is 1. The molecule has 16 heavy (non-hydrogen) atoms. The Labute approximate surface area is 93.2 Å². The number of aromatic nitrogens is 2. The highest BCUT2D eigenvalue weighted by Crippen LogP contribution is 2.25. The molecule has 2 rings (SSSR count). The summed E-state index contributed by atoms with van der Waals surface area (Å²) in [6, 6.07) is 3.86. The fourth-order valence-electron chi connectivity index (χ4n) is 1.64. The van der Waals surface area contributed by atoms with E-state index < -0.39 is 0 Å². The quantitative estimate of drug-likeness (QED) is 0.845. The van der Waals surface area contributed by atoms with Crippen molar-refractivity contribution in [2.75, 3.05) is 0 Å². The van der Waals surface area contributed by atoms with Gasteiger partial charge in [-0.15, -0.1) is 0 Å². The second kappa shape index (κ2) is 3.96. The van der Waals surface area contributed by atoms with E-state index in [4.69, 9.17) is 0 Å². The van der Waals surface area contributed by atoms with Crippen LogP contribution in [0.25, 0.3) is 5.69 Å². The average Bonchev–Trinajstić information content (AvgIpc) is 2.70. The average molecular weight is 220 g/mol. The van der Waals surface area contributed by atoms with Gasteiger partial charge in [0.15, 0.2) is 0 Å². The molecular formula is C12H13FN2O. The summed E-state index contributed by atoms with van der Waals surface area (Å²) < 4.78 is 14.8. The summed E-state index contributed by atoms with van der Waals surface area (Å²) in [5.74, 6) is 0.663. The Balaban J connectivity index is 2.58. The smallest absolute Gasteiger partial charge is 0.139 e. The van der Waals surface area contributed by atoms with Crippen LogP contribution in [0.2, 0.25) is 0 Å². The van der Waals surface area contributed by atoms with E-state index in [1.54, 1.807) is 17.0 Å². The van der Waals surface area contributed by atoms with E-state index in [1.807, 2.05) is 13.8 Å². The Morgan fingerprint density at radius 3 is 2.81 bits per heavy atom. The summed E-state index contributed by atoms with van der Waals surface area (Å²) >= 11 is 0. The van der Waals surface area contributed by atoms with Gasteiger partial charge in [0.2, 0.25) is 0 Å². The molecule has 0 radical (unpaired) electrons. The Morgan fingerprint density at radius 2 is 2.12 bits per heavy atom. The van der Waals surface area contributed by atoms with Crippen LogP contribution in [-0.2, 0) is 0 Å². The molecule has 84 valence electrons. The molecule has 1 aromatic heterocycles. The lowest BCUT2D eigenvalue weighted by atomic mass is 10.2. The van der Waals surface area contributed by atoms with Crippen molar-refractivity contribution in [3.05, 3.63) is 42.2 Å². The number of hydrogen-bond acceptors (Lipinski definition) is 2. The van der Waals surface area contributed by atoms with Crippen molar-refractivity contribution in [3.63, 3.8) is 0 Å². The van der Waals surface area contributed by atoms with Gasteiger partial charge in [-0.2, -0.15) is 0 Å². The molecule has 0 atom stereocenters. The molecule has 1 aromatic carbocycles. The lowest BCUT2D eigenvalue weighted by molar-refractivity contribution is 0.469. The summed E-state index contributed by atoms with van der Waals surface area (Å²) in [6.45, 7) is 3.99. The van der Waals surface area contributed by atoms with Crippen molar-refractivity contribution < 1.29 is 9.50 Å². The lowest BCUT2D eigenvalue weighted by Crippen LogP contribution is -2.02. The van der Waals surface area contributed by atoms with Crippen LogP contribution in [0.4, 0.5) is 4.39 Å². The molecule has 1 N–H and O–H groups in total. The molecule has 0 saturated heterocycles. The van der Waals surface area contributed by atoms with E-state index in [0.717, 1.165) is 5.82 Å². The third-order valence-electron chi connectivity index (χ3n) is 2.38. The number of benzene rings is 1. The second-order valence-electron chi connectivity index (χ2n) is 3.94. The van der Waals surface area contributed by atoms with E-state index in [1.165, 1.54) is 18.2 Å². The molecule has 0 spiro atoms. The van der Waals surface area contributed by atoms with Gasteiger partial charge in [-0.3, -0.25) is 4.57 Å². The molecule has 0 aliphatic carbocycles. The standard InChI is InChI=1S/C12H13FN2O/c1-8(2)12-14-5-6-15(12)10-7-9(13)3-4-11(10)16/h3-8,16H,1-2H3. The number of halogens is 1. The third kappa shape index (κ3) is 1.78. The predicted molar refractivity (Wildman–Crippen MR) is 59.3 cm³/mol. The number of hydrogen-bond donors (Lipinski definition) is 1. The Hall–Kier alpha value is -1.84. The van der Waals surface area contributed by atoms with E-state index in [2.05, 4.69) is 4.98 Å². The molecule has 0 unspecified atom stereocenters. The molecule has 0 aliphatic heterocycles. The number of aromatic hydroxyl groups is 1. The number of phenols is 1. The van der Waals surface area contributed by atoms with Gasteiger partial charge in [-0.25, -0.2) is 9.37 Å². The SMILES string of the molecule is CC(C)c1nccn1-c1cc(F)ccc1O. The van der Waals surface area contributed by atoms with Crippen molar-refractivity contribution in [3.8, 4) is 11.4 Å². The van der Waals surface area contributed by atoms with Gasteiger partial charge >= 0.3 is 0 Å². The first-order chi connectivity index (χ1) is 7.59. The summed E-state index contributed by atoms with van der Waals surface area (Å²) in [5, 5.41) is 9.70. The molecule has 0 saturated carbocycles. The minimum atomic E-state index is -0.379. The first-order valence-electron chi connectivity index (χ1n) is 5.11. The summed E-state index contributed by atoms with van der Waals surface area (Å²) in [5.41, 5.74) is 0.418. The first kappa shape index (κ1) is 10.7. The molecule has 0 aliphatic rings. The highest BCUT2D eigenvalue weighted by atomic mass is 19.1. The van der Waals surface area contributed by atoms with Crippen LogP contribution in [0.5, 0.6) is 5.75 Å². The number of nitrogens with zero attached hydrogens (tertiary/aromatic N) is 2.